The van der Waals surface area contributed by atoms with Gasteiger partial charge in [-0.1, -0.05) is 0 Å². The Hall–Kier alpha value is -1.18. The molecule has 0 unspecified atom stereocenters. The molecule has 2 heterocycles. The fourth-order valence-corrected chi connectivity index (χ4v) is 3.65. The minimum atomic E-state index is -3.29. The van der Waals surface area contributed by atoms with Crippen molar-refractivity contribution >= 4 is 32.7 Å². The molecule has 0 amide bonds. The summed E-state index contributed by atoms with van der Waals surface area (Å²) < 4.78 is 27.6. The van der Waals surface area contributed by atoms with E-state index < -0.39 is 15.6 Å². The van der Waals surface area contributed by atoms with E-state index in [2.05, 4.69) is 14.7 Å². The van der Waals surface area contributed by atoms with Crippen LogP contribution in [0.1, 0.15) is 19.7 Å². The second-order valence-corrected chi connectivity index (χ2v) is 7.80. The molecule has 0 atom stereocenters. The standard InChI is InChI=1S/C13H19ClN4O2S/c1-13(2,17-21(3,19)20)9-18-11-5-7-15-8-10(11)16-12(18)4-6-14/h5,7-8,17H,4,6,9H2,1-3H3. The topological polar surface area (TPSA) is 76.9 Å². The van der Waals surface area contributed by atoms with Gasteiger partial charge in [-0.05, 0) is 19.9 Å². The Morgan fingerprint density at radius 3 is 2.76 bits per heavy atom. The second kappa shape index (κ2) is 5.90. The maximum Gasteiger partial charge on any atom is 0.209 e. The van der Waals surface area contributed by atoms with Crippen LogP contribution in [0, 0.1) is 0 Å². The molecule has 21 heavy (non-hydrogen) atoms. The minimum absolute atomic E-state index is 0.455. The van der Waals surface area contributed by atoms with Crippen LogP contribution in [0.15, 0.2) is 18.5 Å². The lowest BCUT2D eigenvalue weighted by Crippen LogP contribution is -2.46. The molecule has 0 aromatic carbocycles. The van der Waals surface area contributed by atoms with Crippen LogP contribution in [-0.2, 0) is 23.0 Å². The summed E-state index contributed by atoms with van der Waals surface area (Å²) in [6, 6.07) is 1.87. The summed E-state index contributed by atoms with van der Waals surface area (Å²) in [7, 11) is -3.29. The molecule has 2 rings (SSSR count). The zero-order valence-electron chi connectivity index (χ0n) is 12.3. The van der Waals surface area contributed by atoms with Gasteiger partial charge in [-0.2, -0.15) is 0 Å². The number of pyridine rings is 1. The molecule has 116 valence electrons. The minimum Gasteiger partial charge on any atom is -0.326 e. The normalized spacial score (nSPS) is 13.0. The van der Waals surface area contributed by atoms with Crippen LogP contribution in [0.4, 0.5) is 0 Å². The Morgan fingerprint density at radius 1 is 1.43 bits per heavy atom. The summed E-state index contributed by atoms with van der Waals surface area (Å²) in [6.45, 7) is 4.14. The van der Waals surface area contributed by atoms with Gasteiger partial charge in [-0.25, -0.2) is 18.1 Å². The van der Waals surface area contributed by atoms with Crippen LogP contribution >= 0.6 is 11.6 Å². The van der Waals surface area contributed by atoms with Gasteiger partial charge in [0, 0.05) is 30.6 Å². The van der Waals surface area contributed by atoms with Crippen LogP contribution in [0.5, 0.6) is 0 Å². The smallest absolute Gasteiger partial charge is 0.209 e. The molecule has 0 spiro atoms. The number of sulfonamides is 1. The van der Waals surface area contributed by atoms with E-state index in [9.17, 15) is 8.42 Å². The summed E-state index contributed by atoms with van der Waals surface area (Å²) in [4.78, 5) is 8.58. The van der Waals surface area contributed by atoms with Crippen LogP contribution in [0.2, 0.25) is 0 Å². The molecule has 2 aromatic rings. The van der Waals surface area contributed by atoms with Crippen molar-refractivity contribution in [1.29, 1.82) is 0 Å². The quantitative estimate of drug-likeness (QED) is 0.815. The Kier molecular flexibility index (Phi) is 4.55. The van der Waals surface area contributed by atoms with Crippen molar-refractivity contribution < 1.29 is 8.42 Å². The van der Waals surface area contributed by atoms with Crippen molar-refractivity contribution in [2.24, 2.45) is 0 Å². The molecule has 0 aliphatic carbocycles. The van der Waals surface area contributed by atoms with Crippen molar-refractivity contribution in [1.82, 2.24) is 19.3 Å². The number of fused-ring (bicyclic) bond motifs is 1. The lowest BCUT2D eigenvalue weighted by Gasteiger charge is -2.26. The zero-order chi connectivity index (χ0) is 15.7. The number of aromatic nitrogens is 3. The van der Waals surface area contributed by atoms with Crippen molar-refractivity contribution in [3.63, 3.8) is 0 Å². The van der Waals surface area contributed by atoms with Crippen molar-refractivity contribution in [3.05, 3.63) is 24.3 Å². The third kappa shape index (κ3) is 4.15. The number of hydrogen-bond acceptors (Lipinski definition) is 4. The zero-order valence-corrected chi connectivity index (χ0v) is 13.9. The first kappa shape index (κ1) is 16.2. The summed E-state index contributed by atoms with van der Waals surface area (Å²) >= 11 is 5.83. The lowest BCUT2D eigenvalue weighted by molar-refractivity contribution is 0.390. The SMILES string of the molecule is CC(C)(Cn1c(CCCl)nc2cnccc21)NS(C)(=O)=O. The molecule has 0 aliphatic heterocycles. The second-order valence-electron chi connectivity index (χ2n) is 5.68. The van der Waals surface area contributed by atoms with E-state index in [1.807, 2.05) is 24.5 Å². The fourth-order valence-electron chi connectivity index (χ4n) is 2.41. The van der Waals surface area contributed by atoms with Gasteiger partial charge in [-0.3, -0.25) is 4.98 Å². The van der Waals surface area contributed by atoms with E-state index in [-0.39, 0.29) is 0 Å². The molecule has 0 fully saturated rings. The Labute approximate surface area is 129 Å². The molecule has 0 radical (unpaired) electrons. The van der Waals surface area contributed by atoms with Gasteiger partial charge in [-0.15, -0.1) is 11.6 Å². The van der Waals surface area contributed by atoms with Gasteiger partial charge in [0.15, 0.2) is 0 Å². The number of nitrogens with one attached hydrogen (secondary N) is 1. The fraction of sp³-hybridized carbons (Fsp3) is 0.538. The van der Waals surface area contributed by atoms with Crippen LogP contribution in [-0.4, -0.2) is 40.6 Å². The van der Waals surface area contributed by atoms with Gasteiger partial charge in [0.25, 0.3) is 0 Å². The summed E-state index contributed by atoms with van der Waals surface area (Å²) in [5, 5.41) is 0. The highest BCUT2D eigenvalue weighted by Crippen LogP contribution is 2.19. The Morgan fingerprint density at radius 2 is 2.14 bits per heavy atom. The highest BCUT2D eigenvalue weighted by molar-refractivity contribution is 7.88. The Balaban J connectivity index is 2.42. The average molecular weight is 331 g/mol. The number of hydrogen-bond donors (Lipinski definition) is 1. The van der Waals surface area contributed by atoms with Gasteiger partial charge in [0.1, 0.15) is 11.3 Å². The average Bonchev–Trinajstić information content (AvgIpc) is 2.65. The van der Waals surface area contributed by atoms with E-state index in [1.54, 1.807) is 12.4 Å². The summed E-state index contributed by atoms with van der Waals surface area (Å²) in [5.74, 6) is 1.29. The van der Waals surface area contributed by atoms with Gasteiger partial charge < -0.3 is 4.57 Å². The number of imidazole rings is 1. The predicted octanol–water partition coefficient (Wildman–Crippen LogP) is 1.54. The van der Waals surface area contributed by atoms with Gasteiger partial charge in [0.2, 0.25) is 10.0 Å². The predicted molar refractivity (Wildman–Crippen MR) is 84.0 cm³/mol. The number of aryl methyl sites for hydroxylation is 1. The van der Waals surface area contributed by atoms with Crippen molar-refractivity contribution in [2.45, 2.75) is 32.4 Å². The van der Waals surface area contributed by atoms with Gasteiger partial charge in [0.05, 0.1) is 18.0 Å². The third-order valence-electron chi connectivity index (χ3n) is 2.96. The number of halogens is 1. The largest absolute Gasteiger partial charge is 0.326 e. The van der Waals surface area contributed by atoms with Crippen LogP contribution in [0.3, 0.4) is 0 Å². The van der Waals surface area contributed by atoms with E-state index in [0.29, 0.717) is 18.8 Å². The number of alkyl halides is 1. The molecule has 0 saturated carbocycles. The molecule has 0 aliphatic rings. The highest BCUT2D eigenvalue weighted by Gasteiger charge is 2.25. The maximum absolute atomic E-state index is 11.5. The van der Waals surface area contributed by atoms with E-state index >= 15 is 0 Å². The highest BCUT2D eigenvalue weighted by atomic mass is 35.5. The molecule has 1 N–H and O–H groups in total. The molecule has 2 aromatic heterocycles. The van der Waals surface area contributed by atoms with E-state index in [0.717, 1.165) is 23.1 Å². The number of rotatable bonds is 6. The molecule has 0 bridgehead atoms. The lowest BCUT2D eigenvalue weighted by atomic mass is 10.1. The first-order valence-corrected chi connectivity index (χ1v) is 8.98. The van der Waals surface area contributed by atoms with Crippen LogP contribution in [0.25, 0.3) is 11.0 Å². The maximum atomic E-state index is 11.5. The molecular weight excluding hydrogens is 312 g/mol. The van der Waals surface area contributed by atoms with Crippen LogP contribution < -0.4 is 4.72 Å². The molecular formula is C13H19ClN4O2S. The number of nitrogens with zero attached hydrogens (tertiary/aromatic N) is 3. The molecule has 6 nitrogen and oxygen atoms in total. The van der Waals surface area contributed by atoms with E-state index in [4.69, 9.17) is 11.6 Å². The monoisotopic (exact) mass is 330 g/mol. The molecule has 8 heteroatoms. The molecule has 0 saturated heterocycles. The van der Waals surface area contributed by atoms with Gasteiger partial charge >= 0.3 is 0 Å². The third-order valence-corrected chi connectivity index (χ3v) is 4.08. The first-order valence-electron chi connectivity index (χ1n) is 6.56. The van der Waals surface area contributed by atoms with E-state index in [1.165, 1.54) is 0 Å². The summed E-state index contributed by atoms with van der Waals surface area (Å²) in [5.41, 5.74) is 1.08. The van der Waals surface area contributed by atoms with Crippen molar-refractivity contribution in [2.75, 3.05) is 12.1 Å². The summed E-state index contributed by atoms with van der Waals surface area (Å²) in [6.07, 6.45) is 5.16. The first-order chi connectivity index (χ1) is 9.72. The van der Waals surface area contributed by atoms with Crippen molar-refractivity contribution in [3.8, 4) is 0 Å². The Bertz CT molecular complexity index is 740.